The lowest BCUT2D eigenvalue weighted by Gasteiger charge is -2.08. The fourth-order valence-electron chi connectivity index (χ4n) is 3.21. The molecule has 0 aliphatic heterocycles. The first-order valence-corrected chi connectivity index (χ1v) is 12.0. The highest BCUT2D eigenvalue weighted by Gasteiger charge is 2.30. The zero-order valence-corrected chi connectivity index (χ0v) is 19.2. The summed E-state index contributed by atoms with van der Waals surface area (Å²) in [5, 5.41) is 0.438. The molecule has 32 heavy (non-hydrogen) atoms. The fourth-order valence-corrected chi connectivity index (χ4v) is 5.22. The fraction of sp³-hybridized carbons (Fsp3) is 0.182. The molecule has 2 aromatic carbocycles. The van der Waals surface area contributed by atoms with Gasteiger partial charge in [-0.3, -0.25) is 0 Å². The van der Waals surface area contributed by atoms with Gasteiger partial charge in [0.1, 0.15) is 22.1 Å². The Balaban J connectivity index is 1.81. The number of nitrogens with zero attached hydrogens (tertiary/aromatic N) is 1. The van der Waals surface area contributed by atoms with E-state index in [2.05, 4.69) is 9.71 Å². The average molecular weight is 473 g/mol. The van der Waals surface area contributed by atoms with Crippen LogP contribution in [0.5, 0.6) is 5.75 Å². The molecule has 0 amide bonds. The summed E-state index contributed by atoms with van der Waals surface area (Å²) >= 11 is 1.32. The lowest BCUT2D eigenvalue weighted by Crippen LogP contribution is -2.13. The molecule has 0 radical (unpaired) electrons. The summed E-state index contributed by atoms with van der Waals surface area (Å²) in [6, 6.07) is 13.5. The van der Waals surface area contributed by atoms with Gasteiger partial charge in [-0.2, -0.15) is 0 Å². The van der Waals surface area contributed by atoms with Crippen molar-refractivity contribution in [1.82, 2.24) is 4.98 Å². The van der Waals surface area contributed by atoms with Crippen LogP contribution in [-0.2, 0) is 14.8 Å². The van der Waals surface area contributed by atoms with Crippen molar-refractivity contribution in [3.8, 4) is 16.3 Å². The second kappa shape index (κ2) is 8.64. The van der Waals surface area contributed by atoms with Crippen LogP contribution in [0.15, 0.2) is 57.8 Å². The molecule has 1 N–H and O–H groups in total. The molecule has 0 aliphatic carbocycles. The molecule has 0 atom stereocenters. The van der Waals surface area contributed by atoms with Crippen LogP contribution in [0.2, 0.25) is 0 Å². The second-order valence-electron chi connectivity index (χ2n) is 6.73. The predicted molar refractivity (Wildman–Crippen MR) is 122 cm³/mol. The minimum absolute atomic E-state index is 0.0184. The highest BCUT2D eigenvalue weighted by Crippen LogP contribution is 2.41. The number of hydrogen-bond acceptors (Lipinski definition) is 8. The minimum atomic E-state index is -4.02. The lowest BCUT2D eigenvalue weighted by atomic mass is 10.1. The van der Waals surface area contributed by atoms with E-state index in [4.69, 9.17) is 13.9 Å². The SMILES string of the molecule is CCOc1ccc(S(=O)(=O)Nc2oc(C)c(C(=O)OC)c2-c2nc3ccccc3s2)cc1. The highest BCUT2D eigenvalue weighted by molar-refractivity contribution is 7.92. The van der Waals surface area contributed by atoms with Crippen LogP contribution < -0.4 is 9.46 Å². The van der Waals surface area contributed by atoms with Crippen LogP contribution in [0.25, 0.3) is 20.8 Å². The van der Waals surface area contributed by atoms with Crippen molar-refractivity contribution in [2.24, 2.45) is 0 Å². The molecule has 10 heteroatoms. The van der Waals surface area contributed by atoms with Gasteiger partial charge in [-0.1, -0.05) is 12.1 Å². The molecule has 0 spiro atoms. The number of para-hydroxylation sites is 1. The van der Waals surface area contributed by atoms with Gasteiger partial charge in [-0.05, 0) is 50.2 Å². The Morgan fingerprint density at radius 2 is 1.88 bits per heavy atom. The molecule has 8 nitrogen and oxygen atoms in total. The van der Waals surface area contributed by atoms with Crippen molar-refractivity contribution in [2.45, 2.75) is 18.7 Å². The van der Waals surface area contributed by atoms with Crippen LogP contribution in [0.3, 0.4) is 0 Å². The van der Waals surface area contributed by atoms with Crippen LogP contribution in [-0.4, -0.2) is 33.1 Å². The summed E-state index contributed by atoms with van der Waals surface area (Å²) in [5.41, 5.74) is 1.09. The van der Waals surface area contributed by atoms with E-state index in [1.54, 1.807) is 19.1 Å². The minimum Gasteiger partial charge on any atom is -0.494 e. The molecule has 4 aromatic rings. The third-order valence-corrected chi connectivity index (χ3v) is 7.05. The lowest BCUT2D eigenvalue weighted by molar-refractivity contribution is 0.0599. The van der Waals surface area contributed by atoms with E-state index in [1.807, 2.05) is 31.2 Å². The number of fused-ring (bicyclic) bond motifs is 1. The van der Waals surface area contributed by atoms with Crippen LogP contribution >= 0.6 is 11.3 Å². The molecule has 0 saturated heterocycles. The van der Waals surface area contributed by atoms with E-state index in [9.17, 15) is 13.2 Å². The molecule has 0 unspecified atom stereocenters. The van der Waals surface area contributed by atoms with E-state index in [-0.39, 0.29) is 27.7 Å². The number of sulfonamides is 1. The van der Waals surface area contributed by atoms with Gasteiger partial charge in [0.05, 0.1) is 34.4 Å². The number of hydrogen-bond donors (Lipinski definition) is 1. The van der Waals surface area contributed by atoms with Gasteiger partial charge in [-0.15, -0.1) is 11.3 Å². The predicted octanol–water partition coefficient (Wildman–Crippen LogP) is 4.85. The number of methoxy groups -OCH3 is 1. The first kappa shape index (κ1) is 21.8. The smallest absolute Gasteiger partial charge is 0.342 e. The van der Waals surface area contributed by atoms with Crippen LogP contribution in [0, 0.1) is 6.92 Å². The van der Waals surface area contributed by atoms with Gasteiger partial charge in [-0.25, -0.2) is 22.9 Å². The van der Waals surface area contributed by atoms with Gasteiger partial charge >= 0.3 is 5.97 Å². The standard InChI is InChI=1S/C22H20N2O6S2/c1-4-29-14-9-11-15(12-10-14)32(26,27)24-20-19(18(13(2)30-20)22(25)28-3)21-23-16-7-5-6-8-17(16)31-21/h5-12,24H,4H2,1-3H3. The number of rotatable bonds is 7. The molecule has 0 bridgehead atoms. The number of carbonyl (C=O) groups excluding carboxylic acids is 1. The summed E-state index contributed by atoms with van der Waals surface area (Å²) in [5.74, 6) is 0.0294. The molecule has 2 aromatic heterocycles. The van der Waals surface area contributed by atoms with Crippen LogP contribution in [0.4, 0.5) is 5.88 Å². The first-order chi connectivity index (χ1) is 15.3. The maximum Gasteiger partial charge on any atom is 0.342 e. The second-order valence-corrected chi connectivity index (χ2v) is 9.44. The van der Waals surface area contributed by atoms with Gasteiger partial charge in [0.2, 0.25) is 5.88 Å². The first-order valence-electron chi connectivity index (χ1n) is 9.67. The molecule has 166 valence electrons. The van der Waals surface area contributed by atoms with Crippen molar-refractivity contribution in [1.29, 1.82) is 0 Å². The number of carbonyl (C=O) groups is 1. The van der Waals surface area contributed by atoms with Gasteiger partial charge < -0.3 is 13.9 Å². The summed E-state index contributed by atoms with van der Waals surface area (Å²) in [4.78, 5) is 17.1. The Bertz CT molecular complexity index is 1350. The number of aromatic nitrogens is 1. The van der Waals surface area contributed by atoms with Gasteiger partial charge in [0.25, 0.3) is 10.0 Å². The van der Waals surface area contributed by atoms with E-state index < -0.39 is 16.0 Å². The highest BCUT2D eigenvalue weighted by atomic mass is 32.2. The van der Waals surface area contributed by atoms with Crippen LogP contribution in [0.1, 0.15) is 23.0 Å². The Morgan fingerprint density at radius 3 is 2.53 bits per heavy atom. The maximum absolute atomic E-state index is 13.0. The normalized spacial score (nSPS) is 11.5. The third kappa shape index (κ3) is 4.06. The number of benzene rings is 2. The maximum atomic E-state index is 13.0. The number of aryl methyl sites for hydroxylation is 1. The summed E-state index contributed by atoms with van der Waals surface area (Å²) in [7, 11) is -2.77. The van der Waals surface area contributed by atoms with Crippen molar-refractivity contribution >= 4 is 43.4 Å². The van der Waals surface area contributed by atoms with Gasteiger partial charge in [0.15, 0.2) is 0 Å². The van der Waals surface area contributed by atoms with Gasteiger partial charge in [0, 0.05) is 0 Å². The average Bonchev–Trinajstić information content (AvgIpc) is 3.33. The largest absolute Gasteiger partial charge is 0.494 e. The number of ether oxygens (including phenoxy) is 2. The summed E-state index contributed by atoms with van der Waals surface area (Å²) in [6.07, 6.45) is 0. The topological polar surface area (TPSA) is 108 Å². The van der Waals surface area contributed by atoms with Crippen molar-refractivity contribution in [3.05, 3.63) is 59.9 Å². The summed E-state index contributed by atoms with van der Waals surface area (Å²) in [6.45, 7) is 3.88. The Morgan fingerprint density at radius 1 is 1.16 bits per heavy atom. The third-order valence-electron chi connectivity index (χ3n) is 4.65. The van der Waals surface area contributed by atoms with E-state index in [1.165, 1.54) is 30.6 Å². The monoisotopic (exact) mass is 472 g/mol. The number of thiazole rings is 1. The number of anilines is 1. The van der Waals surface area contributed by atoms with Crippen molar-refractivity contribution in [3.63, 3.8) is 0 Å². The molecule has 2 heterocycles. The van der Waals surface area contributed by atoms with E-state index >= 15 is 0 Å². The van der Waals surface area contributed by atoms with Crippen molar-refractivity contribution < 1.29 is 27.1 Å². The molecule has 0 saturated carbocycles. The number of furan rings is 1. The number of nitrogens with one attached hydrogen (secondary N) is 1. The summed E-state index contributed by atoms with van der Waals surface area (Å²) < 4.78 is 45.4. The van der Waals surface area contributed by atoms with E-state index in [0.717, 1.165) is 10.2 Å². The Hall–Kier alpha value is -3.37. The van der Waals surface area contributed by atoms with Crippen molar-refractivity contribution in [2.75, 3.05) is 18.4 Å². The zero-order chi connectivity index (χ0) is 22.9. The Kier molecular flexibility index (Phi) is 5.90. The van der Waals surface area contributed by atoms with E-state index in [0.29, 0.717) is 17.4 Å². The number of esters is 1. The molecular formula is C22H20N2O6S2. The molecular weight excluding hydrogens is 452 g/mol. The molecule has 0 fully saturated rings. The zero-order valence-electron chi connectivity index (χ0n) is 17.5. The molecule has 0 aliphatic rings. The Labute approximate surface area is 188 Å². The molecule has 4 rings (SSSR count). The quantitative estimate of drug-likeness (QED) is 0.383.